The SMILES string of the molecule is Cn1nccc1Nc1nccc(-c2cc(=N)n3c(=N)n(Cc4cccc(Cl)c4)c(=O)n(C)c3c2)n1. The molecule has 5 aromatic rings. The zero-order chi connectivity index (χ0) is 24.7. The van der Waals surface area contributed by atoms with Crippen molar-refractivity contribution in [2.24, 2.45) is 14.1 Å². The van der Waals surface area contributed by atoms with Crippen molar-refractivity contribution < 1.29 is 0 Å². The lowest BCUT2D eigenvalue weighted by Crippen LogP contribution is -2.46. The van der Waals surface area contributed by atoms with E-state index in [0.29, 0.717) is 27.9 Å². The van der Waals surface area contributed by atoms with Crippen LogP contribution >= 0.6 is 11.6 Å². The lowest BCUT2D eigenvalue weighted by atomic mass is 10.2. The third-order valence-corrected chi connectivity index (χ3v) is 5.85. The molecule has 5 rings (SSSR count). The maximum Gasteiger partial charge on any atom is 0.332 e. The average Bonchev–Trinajstić information content (AvgIpc) is 3.24. The summed E-state index contributed by atoms with van der Waals surface area (Å²) >= 11 is 6.08. The Balaban J connectivity index is 1.60. The van der Waals surface area contributed by atoms with Gasteiger partial charge in [-0.25, -0.2) is 19.2 Å². The first kappa shape index (κ1) is 22.3. The quantitative estimate of drug-likeness (QED) is 0.348. The Morgan fingerprint density at radius 1 is 1.06 bits per heavy atom. The Kier molecular flexibility index (Phi) is 5.53. The molecule has 0 amide bonds. The van der Waals surface area contributed by atoms with Crippen molar-refractivity contribution in [3.05, 3.63) is 93.1 Å². The number of nitrogens with one attached hydrogen (secondary N) is 3. The molecule has 4 aromatic heterocycles. The predicted molar refractivity (Wildman–Crippen MR) is 130 cm³/mol. The number of pyridine rings is 1. The highest BCUT2D eigenvalue weighted by molar-refractivity contribution is 6.30. The molecule has 0 atom stereocenters. The molecule has 176 valence electrons. The second kappa shape index (κ2) is 8.69. The first-order chi connectivity index (χ1) is 16.8. The number of nitrogens with zero attached hydrogens (tertiary/aromatic N) is 7. The minimum Gasteiger partial charge on any atom is -0.309 e. The molecule has 0 aliphatic rings. The molecule has 0 bridgehead atoms. The van der Waals surface area contributed by atoms with Crippen LogP contribution in [0.25, 0.3) is 16.9 Å². The zero-order valence-corrected chi connectivity index (χ0v) is 19.7. The Labute approximate surface area is 203 Å². The van der Waals surface area contributed by atoms with Crippen molar-refractivity contribution in [2.45, 2.75) is 6.54 Å². The highest BCUT2D eigenvalue weighted by Gasteiger charge is 2.13. The average molecular weight is 489 g/mol. The number of anilines is 2. The number of rotatable bonds is 5. The Bertz CT molecular complexity index is 1760. The van der Waals surface area contributed by atoms with E-state index in [-0.39, 0.29) is 23.3 Å². The van der Waals surface area contributed by atoms with Crippen molar-refractivity contribution in [1.29, 1.82) is 10.8 Å². The number of hydrogen-bond donors (Lipinski definition) is 3. The minimum absolute atomic E-state index is 0.0395. The summed E-state index contributed by atoms with van der Waals surface area (Å²) in [6, 6.07) is 14.0. The number of fused-ring (bicyclic) bond motifs is 1. The van der Waals surface area contributed by atoms with Gasteiger partial charge in [0, 0.05) is 36.9 Å². The van der Waals surface area contributed by atoms with Crippen LogP contribution in [0.5, 0.6) is 0 Å². The Morgan fingerprint density at radius 2 is 1.89 bits per heavy atom. The fraction of sp³-hybridized carbons (Fsp3) is 0.130. The second-order valence-electron chi connectivity index (χ2n) is 7.93. The van der Waals surface area contributed by atoms with Gasteiger partial charge in [-0.3, -0.25) is 24.6 Å². The van der Waals surface area contributed by atoms with E-state index in [4.69, 9.17) is 22.4 Å². The van der Waals surface area contributed by atoms with Crippen LogP contribution in [0.4, 0.5) is 11.8 Å². The Hall–Kier alpha value is -4.51. The van der Waals surface area contributed by atoms with Crippen LogP contribution in [-0.4, -0.2) is 33.3 Å². The maximum atomic E-state index is 13.2. The summed E-state index contributed by atoms with van der Waals surface area (Å²) in [5.74, 6) is 1.09. The fourth-order valence-corrected chi connectivity index (χ4v) is 4.05. The fourth-order valence-electron chi connectivity index (χ4n) is 3.84. The molecule has 0 saturated heterocycles. The van der Waals surface area contributed by atoms with Crippen LogP contribution in [0, 0.1) is 10.8 Å². The molecule has 12 heteroatoms. The molecule has 0 radical (unpaired) electrons. The number of hydrogen-bond acceptors (Lipinski definition) is 7. The van der Waals surface area contributed by atoms with Crippen LogP contribution in [0.1, 0.15) is 5.56 Å². The number of halogens is 1. The van der Waals surface area contributed by atoms with E-state index < -0.39 is 0 Å². The molecular weight excluding hydrogens is 468 g/mol. The van der Waals surface area contributed by atoms with Crippen LogP contribution in [0.2, 0.25) is 5.02 Å². The molecule has 11 nitrogen and oxygen atoms in total. The topological polar surface area (TPSA) is 135 Å². The molecule has 0 unspecified atom stereocenters. The van der Waals surface area contributed by atoms with Gasteiger partial charge >= 0.3 is 5.69 Å². The number of aryl methyl sites for hydroxylation is 2. The van der Waals surface area contributed by atoms with Crippen LogP contribution in [0.15, 0.2) is 65.7 Å². The summed E-state index contributed by atoms with van der Waals surface area (Å²) < 4.78 is 5.79. The van der Waals surface area contributed by atoms with Crippen molar-refractivity contribution in [1.82, 2.24) is 33.3 Å². The van der Waals surface area contributed by atoms with Crippen LogP contribution in [0.3, 0.4) is 0 Å². The van der Waals surface area contributed by atoms with Crippen molar-refractivity contribution in [2.75, 3.05) is 5.32 Å². The molecule has 0 aliphatic heterocycles. The van der Waals surface area contributed by atoms with Gasteiger partial charge in [-0.2, -0.15) is 5.10 Å². The van der Waals surface area contributed by atoms with Gasteiger partial charge in [-0.05, 0) is 35.9 Å². The van der Waals surface area contributed by atoms with E-state index in [1.54, 1.807) is 73.6 Å². The van der Waals surface area contributed by atoms with Crippen molar-refractivity contribution >= 4 is 29.0 Å². The van der Waals surface area contributed by atoms with Gasteiger partial charge in [-0.1, -0.05) is 23.7 Å². The zero-order valence-electron chi connectivity index (χ0n) is 18.9. The Morgan fingerprint density at radius 3 is 2.63 bits per heavy atom. The van der Waals surface area contributed by atoms with Gasteiger partial charge in [0.1, 0.15) is 17.0 Å². The number of benzene rings is 1. The molecule has 0 fully saturated rings. The van der Waals surface area contributed by atoms with E-state index in [1.807, 2.05) is 6.07 Å². The first-order valence-corrected chi connectivity index (χ1v) is 11.0. The van der Waals surface area contributed by atoms with Gasteiger partial charge in [0.25, 0.3) is 0 Å². The molecule has 1 aromatic carbocycles. The van der Waals surface area contributed by atoms with Gasteiger partial charge in [-0.15, -0.1) is 0 Å². The largest absolute Gasteiger partial charge is 0.332 e. The molecule has 4 heterocycles. The second-order valence-corrected chi connectivity index (χ2v) is 8.37. The molecule has 3 N–H and O–H groups in total. The summed E-state index contributed by atoms with van der Waals surface area (Å²) in [5.41, 5.74) is 1.91. The minimum atomic E-state index is -0.382. The highest BCUT2D eigenvalue weighted by Crippen LogP contribution is 2.19. The molecular formula is C23H21ClN10O. The van der Waals surface area contributed by atoms with Gasteiger partial charge in [0.2, 0.25) is 11.6 Å². The van der Waals surface area contributed by atoms with E-state index in [2.05, 4.69) is 20.4 Å². The van der Waals surface area contributed by atoms with Crippen LogP contribution in [-0.2, 0) is 20.6 Å². The van der Waals surface area contributed by atoms with Gasteiger partial charge in [0.15, 0.2) is 0 Å². The lowest BCUT2D eigenvalue weighted by molar-refractivity contribution is 0.578. The van der Waals surface area contributed by atoms with E-state index in [1.165, 1.54) is 13.5 Å². The first-order valence-electron chi connectivity index (χ1n) is 10.6. The molecule has 0 saturated carbocycles. The third-order valence-electron chi connectivity index (χ3n) is 5.62. The monoisotopic (exact) mass is 488 g/mol. The highest BCUT2D eigenvalue weighted by atomic mass is 35.5. The summed E-state index contributed by atoms with van der Waals surface area (Å²) in [7, 11) is 3.42. The normalized spacial score (nSPS) is 11.2. The van der Waals surface area contributed by atoms with E-state index in [9.17, 15) is 4.79 Å². The van der Waals surface area contributed by atoms with Crippen molar-refractivity contribution in [3.63, 3.8) is 0 Å². The molecule has 0 spiro atoms. The maximum absolute atomic E-state index is 13.2. The number of aromatic nitrogens is 7. The van der Waals surface area contributed by atoms with E-state index in [0.717, 1.165) is 11.4 Å². The molecule has 35 heavy (non-hydrogen) atoms. The smallest absolute Gasteiger partial charge is 0.309 e. The van der Waals surface area contributed by atoms with Gasteiger partial charge < -0.3 is 5.32 Å². The third kappa shape index (κ3) is 4.13. The lowest BCUT2D eigenvalue weighted by Gasteiger charge is -2.15. The standard InChI is InChI=1S/C23H21ClN10O/c1-31-20-12-15(17-6-8-27-22(29-17)30-19-7-9-28-32(19)2)11-18(25)34(20)21(26)33(23(31)35)13-14-4-3-5-16(24)10-14/h3-12,25-26H,13H2,1-2H3,(H,27,29,30). The van der Waals surface area contributed by atoms with E-state index >= 15 is 0 Å². The summed E-state index contributed by atoms with van der Waals surface area (Å²) in [6.45, 7) is 0.158. The van der Waals surface area contributed by atoms with Crippen LogP contribution < -0.4 is 22.1 Å². The summed E-state index contributed by atoms with van der Waals surface area (Å²) in [4.78, 5) is 22.0. The summed E-state index contributed by atoms with van der Waals surface area (Å²) in [5, 5.41) is 25.1. The van der Waals surface area contributed by atoms with Gasteiger partial charge in [0.05, 0.1) is 18.4 Å². The summed E-state index contributed by atoms with van der Waals surface area (Å²) in [6.07, 6.45) is 3.28. The van der Waals surface area contributed by atoms with Crippen molar-refractivity contribution in [3.8, 4) is 11.3 Å². The predicted octanol–water partition coefficient (Wildman–Crippen LogP) is 2.03. The molecule has 0 aliphatic carbocycles.